The van der Waals surface area contributed by atoms with Gasteiger partial charge < -0.3 is 10.1 Å². The molecule has 8 heteroatoms. The highest BCUT2D eigenvalue weighted by Crippen LogP contribution is 2.23. The summed E-state index contributed by atoms with van der Waals surface area (Å²) in [6.45, 7) is 0.386. The minimum Gasteiger partial charge on any atom is -0.431 e. The van der Waals surface area contributed by atoms with Crippen molar-refractivity contribution in [2.75, 3.05) is 0 Å². The number of amides is 1. The first kappa shape index (κ1) is 17.9. The van der Waals surface area contributed by atoms with Gasteiger partial charge in [0.2, 0.25) is 0 Å². The highest BCUT2D eigenvalue weighted by Gasteiger charge is 2.08. The van der Waals surface area contributed by atoms with E-state index < -0.39 is 0 Å². The Labute approximate surface area is 165 Å². The number of ether oxygens (including phenoxy) is 1. The van der Waals surface area contributed by atoms with Crippen molar-refractivity contribution in [1.29, 1.82) is 0 Å². The van der Waals surface area contributed by atoms with Gasteiger partial charge in [0.05, 0.1) is 6.20 Å². The van der Waals surface area contributed by atoms with Crippen LogP contribution in [0.4, 0.5) is 0 Å². The van der Waals surface area contributed by atoms with Gasteiger partial charge in [0.15, 0.2) is 0 Å². The second-order valence-electron chi connectivity index (χ2n) is 6.09. The zero-order valence-electron chi connectivity index (χ0n) is 15.1. The number of carbonyl (C=O) groups excluding carboxylic acids is 1. The molecule has 0 unspecified atom stereocenters. The van der Waals surface area contributed by atoms with E-state index in [1.54, 1.807) is 53.7 Å². The molecule has 0 bridgehead atoms. The molecule has 0 fully saturated rings. The van der Waals surface area contributed by atoms with Crippen molar-refractivity contribution in [2.24, 2.45) is 7.05 Å². The largest absolute Gasteiger partial charge is 0.431 e. The normalized spacial score (nSPS) is 10.6. The summed E-state index contributed by atoms with van der Waals surface area (Å²) in [6.07, 6.45) is 8.91. The molecule has 0 spiro atoms. The summed E-state index contributed by atoms with van der Waals surface area (Å²) in [5.41, 5.74) is 3.42. The van der Waals surface area contributed by atoms with Gasteiger partial charge in [0.1, 0.15) is 5.75 Å². The van der Waals surface area contributed by atoms with Crippen molar-refractivity contribution in [3.63, 3.8) is 0 Å². The molecular formula is C20H17N5O2S. The fourth-order valence-electron chi connectivity index (χ4n) is 2.63. The minimum atomic E-state index is -0.160. The SMILES string of the molecule is Cn1cc(-c2cncc(CNC(=O)c3ccc(Oc4nccs4)cc3)c2)cn1. The number of nitrogens with one attached hydrogen (secondary N) is 1. The quantitative estimate of drug-likeness (QED) is 0.542. The van der Waals surface area contributed by atoms with Crippen LogP contribution in [0.25, 0.3) is 11.1 Å². The highest BCUT2D eigenvalue weighted by molar-refractivity contribution is 7.11. The van der Waals surface area contributed by atoms with Crippen LogP contribution in [0.5, 0.6) is 10.9 Å². The second-order valence-corrected chi connectivity index (χ2v) is 6.95. The molecule has 140 valence electrons. The zero-order chi connectivity index (χ0) is 19.3. The van der Waals surface area contributed by atoms with E-state index in [9.17, 15) is 4.79 Å². The first-order valence-corrected chi connectivity index (χ1v) is 9.44. The fraction of sp³-hybridized carbons (Fsp3) is 0.100. The van der Waals surface area contributed by atoms with Crippen LogP contribution >= 0.6 is 11.3 Å². The van der Waals surface area contributed by atoms with Gasteiger partial charge >= 0.3 is 0 Å². The van der Waals surface area contributed by atoms with Crippen molar-refractivity contribution in [1.82, 2.24) is 25.1 Å². The van der Waals surface area contributed by atoms with E-state index in [1.165, 1.54) is 11.3 Å². The summed E-state index contributed by atoms with van der Waals surface area (Å²) in [7, 11) is 1.87. The van der Waals surface area contributed by atoms with E-state index in [0.29, 0.717) is 23.1 Å². The molecule has 0 aliphatic heterocycles. The third-order valence-corrected chi connectivity index (χ3v) is 4.67. The van der Waals surface area contributed by atoms with Crippen molar-refractivity contribution in [2.45, 2.75) is 6.54 Å². The number of aromatic nitrogens is 4. The van der Waals surface area contributed by atoms with E-state index in [4.69, 9.17) is 4.74 Å². The fourth-order valence-corrected chi connectivity index (χ4v) is 3.14. The third-order valence-electron chi connectivity index (χ3n) is 4.02. The molecule has 0 radical (unpaired) electrons. The molecule has 1 aromatic carbocycles. The van der Waals surface area contributed by atoms with Crippen molar-refractivity contribution < 1.29 is 9.53 Å². The van der Waals surface area contributed by atoms with Gasteiger partial charge in [0.25, 0.3) is 11.1 Å². The molecule has 1 amide bonds. The van der Waals surface area contributed by atoms with Crippen LogP contribution in [0.2, 0.25) is 0 Å². The predicted molar refractivity (Wildman–Crippen MR) is 106 cm³/mol. The number of hydrogen-bond acceptors (Lipinski definition) is 6. The van der Waals surface area contributed by atoms with Crippen molar-refractivity contribution in [3.05, 3.63) is 77.8 Å². The lowest BCUT2D eigenvalue weighted by atomic mass is 10.1. The Kier molecular flexibility index (Phi) is 5.11. The van der Waals surface area contributed by atoms with Gasteiger partial charge in [-0.25, -0.2) is 4.98 Å². The van der Waals surface area contributed by atoms with Crippen LogP contribution in [-0.4, -0.2) is 25.7 Å². The van der Waals surface area contributed by atoms with E-state index in [-0.39, 0.29) is 5.91 Å². The van der Waals surface area contributed by atoms with Crippen molar-refractivity contribution >= 4 is 17.2 Å². The van der Waals surface area contributed by atoms with Gasteiger partial charge in [0, 0.05) is 60.5 Å². The van der Waals surface area contributed by atoms with Gasteiger partial charge in [-0.1, -0.05) is 11.3 Å². The predicted octanol–water partition coefficient (Wildman–Crippen LogP) is 3.66. The minimum absolute atomic E-state index is 0.160. The van der Waals surface area contributed by atoms with Crippen molar-refractivity contribution in [3.8, 4) is 22.1 Å². The van der Waals surface area contributed by atoms with Crippen LogP contribution in [0.15, 0.2) is 66.7 Å². The van der Waals surface area contributed by atoms with Crippen LogP contribution in [0.1, 0.15) is 15.9 Å². The number of nitrogens with zero attached hydrogens (tertiary/aromatic N) is 4. The summed E-state index contributed by atoms with van der Waals surface area (Å²) in [4.78, 5) is 20.7. The molecule has 3 heterocycles. The zero-order valence-corrected chi connectivity index (χ0v) is 15.9. The summed E-state index contributed by atoms with van der Waals surface area (Å²) in [5, 5.41) is 9.50. The molecule has 0 aliphatic carbocycles. The van der Waals surface area contributed by atoms with Crippen LogP contribution in [0.3, 0.4) is 0 Å². The van der Waals surface area contributed by atoms with Gasteiger partial charge in [-0.15, -0.1) is 0 Å². The molecule has 0 aliphatic rings. The average molecular weight is 391 g/mol. The van der Waals surface area contributed by atoms with Crippen LogP contribution in [-0.2, 0) is 13.6 Å². The second kappa shape index (κ2) is 8.01. The van der Waals surface area contributed by atoms with E-state index in [2.05, 4.69) is 20.4 Å². The Morgan fingerprint density at radius 1 is 1.18 bits per heavy atom. The lowest BCUT2D eigenvalue weighted by Crippen LogP contribution is -2.22. The topological polar surface area (TPSA) is 81.9 Å². The Hall–Kier alpha value is -3.52. The standard InChI is InChI=1S/C20H17N5O2S/c1-25-13-17(12-24-25)16-8-14(9-21-11-16)10-23-19(26)15-2-4-18(5-3-15)27-20-22-6-7-28-20/h2-9,11-13H,10H2,1H3,(H,23,26). The monoisotopic (exact) mass is 391 g/mol. The summed E-state index contributed by atoms with van der Waals surface area (Å²) >= 11 is 1.41. The Bertz CT molecular complexity index is 1070. The maximum atomic E-state index is 12.4. The molecule has 1 N–H and O–H groups in total. The maximum Gasteiger partial charge on any atom is 0.278 e. The molecule has 28 heavy (non-hydrogen) atoms. The number of rotatable bonds is 6. The molecule has 0 saturated carbocycles. The number of pyridine rings is 1. The van der Waals surface area contributed by atoms with E-state index in [0.717, 1.165) is 16.7 Å². The maximum absolute atomic E-state index is 12.4. The molecule has 0 saturated heterocycles. The smallest absolute Gasteiger partial charge is 0.278 e. The number of hydrogen-bond donors (Lipinski definition) is 1. The molecule has 4 aromatic rings. The Morgan fingerprint density at radius 2 is 2.04 bits per heavy atom. The lowest BCUT2D eigenvalue weighted by molar-refractivity contribution is 0.0951. The molecule has 0 atom stereocenters. The van der Waals surface area contributed by atoms with Gasteiger partial charge in [-0.2, -0.15) is 5.10 Å². The molecular weight excluding hydrogens is 374 g/mol. The molecule has 7 nitrogen and oxygen atoms in total. The first-order chi connectivity index (χ1) is 13.7. The number of aryl methyl sites for hydroxylation is 1. The van der Waals surface area contributed by atoms with Gasteiger partial charge in [-0.3, -0.25) is 14.5 Å². The average Bonchev–Trinajstić information content (AvgIpc) is 3.39. The first-order valence-electron chi connectivity index (χ1n) is 8.56. The summed E-state index contributed by atoms with van der Waals surface area (Å²) < 4.78 is 7.34. The Morgan fingerprint density at radius 3 is 2.75 bits per heavy atom. The lowest BCUT2D eigenvalue weighted by Gasteiger charge is -2.07. The molecule has 4 rings (SSSR count). The summed E-state index contributed by atoms with van der Waals surface area (Å²) in [6, 6.07) is 8.95. The van der Waals surface area contributed by atoms with E-state index in [1.807, 2.05) is 24.7 Å². The third kappa shape index (κ3) is 4.24. The number of carbonyl (C=O) groups is 1. The van der Waals surface area contributed by atoms with E-state index >= 15 is 0 Å². The molecule has 3 aromatic heterocycles. The van der Waals surface area contributed by atoms with Gasteiger partial charge in [-0.05, 0) is 35.9 Å². The number of thiazole rings is 1. The summed E-state index contributed by atoms with van der Waals surface area (Å²) in [5.74, 6) is 0.479. The van der Waals surface area contributed by atoms with Crippen LogP contribution in [0, 0.1) is 0 Å². The van der Waals surface area contributed by atoms with Crippen LogP contribution < -0.4 is 10.1 Å². The Balaban J connectivity index is 1.37. The highest BCUT2D eigenvalue weighted by atomic mass is 32.1. The number of benzene rings is 1.